The molecule has 0 saturated heterocycles. The number of aromatic carboxylic acids is 1. The van der Waals surface area contributed by atoms with Crippen molar-refractivity contribution in [3.63, 3.8) is 0 Å². The Morgan fingerprint density at radius 2 is 1.83 bits per heavy atom. The number of nitrogens with one attached hydrogen (secondary N) is 1. The molecule has 24 heavy (non-hydrogen) atoms. The molecule has 0 bridgehead atoms. The predicted octanol–water partition coefficient (Wildman–Crippen LogP) is 1.47. The number of aliphatic hydroxyl groups is 1. The van der Waals surface area contributed by atoms with Crippen LogP contribution in [0.15, 0.2) is 36.5 Å². The number of amides is 1. The first kappa shape index (κ1) is 17.2. The zero-order valence-electron chi connectivity index (χ0n) is 13.0. The number of nitrogens with zero attached hydrogens (tertiary/aromatic N) is 1. The second kappa shape index (κ2) is 7.42. The molecule has 1 atom stereocenters. The number of pyridine rings is 1. The van der Waals surface area contributed by atoms with E-state index in [4.69, 9.17) is 14.6 Å². The summed E-state index contributed by atoms with van der Waals surface area (Å²) in [5.74, 6) is -1.44. The van der Waals surface area contributed by atoms with Crippen LogP contribution in [0.5, 0.6) is 11.6 Å². The lowest BCUT2D eigenvalue weighted by molar-refractivity contribution is -0.124. The maximum atomic E-state index is 12.1. The summed E-state index contributed by atoms with van der Waals surface area (Å²) in [5, 5.41) is 21.6. The van der Waals surface area contributed by atoms with Gasteiger partial charge in [-0.2, -0.15) is 0 Å². The van der Waals surface area contributed by atoms with Gasteiger partial charge in [-0.15, -0.1) is 0 Å². The van der Waals surface area contributed by atoms with Gasteiger partial charge in [-0.3, -0.25) is 4.79 Å². The topological polar surface area (TPSA) is 118 Å². The van der Waals surface area contributed by atoms with Crippen LogP contribution in [0.4, 0.5) is 5.69 Å². The number of carbonyl (C=O) groups is 2. The molecule has 1 heterocycles. The van der Waals surface area contributed by atoms with Gasteiger partial charge in [-0.05, 0) is 23.8 Å². The van der Waals surface area contributed by atoms with E-state index in [1.807, 2.05) is 0 Å². The maximum Gasteiger partial charge on any atom is 0.341 e. The van der Waals surface area contributed by atoms with E-state index in [1.54, 1.807) is 24.3 Å². The van der Waals surface area contributed by atoms with E-state index < -0.39 is 18.0 Å². The van der Waals surface area contributed by atoms with Crippen LogP contribution in [0.1, 0.15) is 22.0 Å². The molecule has 8 nitrogen and oxygen atoms in total. The van der Waals surface area contributed by atoms with Crippen LogP contribution in [0.25, 0.3) is 0 Å². The molecule has 1 aromatic heterocycles. The fraction of sp³-hybridized carbons (Fsp3) is 0.188. The lowest BCUT2D eigenvalue weighted by Crippen LogP contribution is -2.21. The Kier molecular flexibility index (Phi) is 5.33. The first-order chi connectivity index (χ1) is 11.5. The number of carboxylic acids is 1. The van der Waals surface area contributed by atoms with Crippen molar-refractivity contribution < 1.29 is 29.3 Å². The molecule has 1 amide bonds. The third-order valence-electron chi connectivity index (χ3n) is 3.22. The molecule has 1 aromatic carbocycles. The molecule has 2 rings (SSSR count). The van der Waals surface area contributed by atoms with Crippen LogP contribution >= 0.6 is 0 Å². The van der Waals surface area contributed by atoms with Gasteiger partial charge in [0.15, 0.2) is 6.10 Å². The molecule has 8 heteroatoms. The fourth-order valence-electron chi connectivity index (χ4n) is 1.98. The Labute approximate surface area is 137 Å². The fourth-order valence-corrected chi connectivity index (χ4v) is 1.98. The zero-order valence-corrected chi connectivity index (χ0v) is 13.0. The van der Waals surface area contributed by atoms with Gasteiger partial charge in [-0.25, -0.2) is 9.78 Å². The molecule has 0 aliphatic carbocycles. The number of aromatic nitrogens is 1. The van der Waals surface area contributed by atoms with E-state index in [0.717, 1.165) is 0 Å². The van der Waals surface area contributed by atoms with Gasteiger partial charge in [0.25, 0.3) is 5.91 Å². The van der Waals surface area contributed by atoms with Crippen LogP contribution < -0.4 is 14.8 Å². The van der Waals surface area contributed by atoms with E-state index in [2.05, 4.69) is 10.3 Å². The Balaban J connectivity index is 2.16. The summed E-state index contributed by atoms with van der Waals surface area (Å²) >= 11 is 0. The zero-order chi connectivity index (χ0) is 17.7. The van der Waals surface area contributed by atoms with Gasteiger partial charge in [0, 0.05) is 0 Å². The number of benzene rings is 1. The Morgan fingerprint density at radius 3 is 2.38 bits per heavy atom. The van der Waals surface area contributed by atoms with Crippen molar-refractivity contribution in [2.45, 2.75) is 6.10 Å². The minimum Gasteiger partial charge on any atom is -0.497 e. The average molecular weight is 332 g/mol. The van der Waals surface area contributed by atoms with E-state index in [9.17, 15) is 14.7 Å². The number of carbonyl (C=O) groups excluding carboxylic acids is 1. The van der Waals surface area contributed by atoms with Gasteiger partial charge < -0.3 is 25.0 Å². The lowest BCUT2D eigenvalue weighted by atomic mass is 10.1. The highest BCUT2D eigenvalue weighted by Crippen LogP contribution is 2.22. The number of carboxylic acid groups (broad SMARTS) is 1. The van der Waals surface area contributed by atoms with Crippen molar-refractivity contribution in [3.05, 3.63) is 47.7 Å². The van der Waals surface area contributed by atoms with E-state index in [-0.39, 0.29) is 17.1 Å². The Hall–Kier alpha value is -3.13. The molecule has 0 spiro atoms. The summed E-state index contributed by atoms with van der Waals surface area (Å²) in [7, 11) is 2.80. The summed E-state index contributed by atoms with van der Waals surface area (Å²) in [6.45, 7) is 0. The highest BCUT2D eigenvalue weighted by Gasteiger charge is 2.19. The SMILES string of the molecule is COc1ccc([C@@H](O)C(=O)Nc2cnc(OC)c(C(=O)O)c2)cc1. The van der Waals surface area contributed by atoms with E-state index in [1.165, 1.54) is 26.5 Å². The summed E-state index contributed by atoms with van der Waals surface area (Å²) < 4.78 is 9.84. The van der Waals surface area contributed by atoms with Gasteiger partial charge in [0.2, 0.25) is 5.88 Å². The molecule has 126 valence electrons. The molecular weight excluding hydrogens is 316 g/mol. The van der Waals surface area contributed by atoms with Gasteiger partial charge >= 0.3 is 5.97 Å². The van der Waals surface area contributed by atoms with Gasteiger partial charge in [-0.1, -0.05) is 12.1 Å². The molecule has 0 aliphatic rings. The first-order valence-electron chi connectivity index (χ1n) is 6.86. The number of ether oxygens (including phenoxy) is 2. The summed E-state index contributed by atoms with van der Waals surface area (Å²) in [6.07, 6.45) is -0.185. The number of aliphatic hydroxyl groups excluding tert-OH is 1. The van der Waals surface area contributed by atoms with Crippen molar-refractivity contribution in [1.82, 2.24) is 4.98 Å². The van der Waals surface area contributed by atoms with Gasteiger partial charge in [0.05, 0.1) is 26.1 Å². The monoisotopic (exact) mass is 332 g/mol. The van der Waals surface area contributed by atoms with Crippen molar-refractivity contribution in [2.75, 3.05) is 19.5 Å². The van der Waals surface area contributed by atoms with Gasteiger partial charge in [0.1, 0.15) is 11.3 Å². The normalized spacial score (nSPS) is 11.5. The third kappa shape index (κ3) is 3.79. The van der Waals surface area contributed by atoms with Crippen molar-refractivity contribution in [1.29, 1.82) is 0 Å². The van der Waals surface area contributed by atoms with Crippen molar-refractivity contribution in [3.8, 4) is 11.6 Å². The predicted molar refractivity (Wildman–Crippen MR) is 84.3 cm³/mol. The van der Waals surface area contributed by atoms with Crippen LogP contribution in [-0.2, 0) is 4.79 Å². The third-order valence-corrected chi connectivity index (χ3v) is 3.22. The smallest absolute Gasteiger partial charge is 0.341 e. The standard InChI is InChI=1S/C16H16N2O6/c1-23-11-5-3-9(4-6-11)13(19)14(20)18-10-7-12(16(21)22)15(24-2)17-8-10/h3-8,13,19H,1-2H3,(H,18,20)(H,21,22)/t13-/m1/s1. The minimum absolute atomic E-state index is 0.0730. The van der Waals surface area contributed by atoms with Crippen LogP contribution in [0.2, 0.25) is 0 Å². The largest absolute Gasteiger partial charge is 0.497 e. The number of rotatable bonds is 6. The lowest BCUT2D eigenvalue weighted by Gasteiger charge is -2.13. The second-order valence-electron chi connectivity index (χ2n) is 4.75. The van der Waals surface area contributed by atoms with E-state index >= 15 is 0 Å². The van der Waals surface area contributed by atoms with Crippen molar-refractivity contribution >= 4 is 17.6 Å². The summed E-state index contributed by atoms with van der Waals surface area (Å²) in [5.41, 5.74) is 0.299. The maximum absolute atomic E-state index is 12.1. The Morgan fingerprint density at radius 1 is 1.17 bits per heavy atom. The molecule has 0 unspecified atom stereocenters. The molecule has 0 aliphatic heterocycles. The molecule has 3 N–H and O–H groups in total. The number of hydrogen-bond acceptors (Lipinski definition) is 6. The molecule has 0 fully saturated rings. The first-order valence-corrected chi connectivity index (χ1v) is 6.86. The number of anilines is 1. The van der Waals surface area contributed by atoms with Crippen LogP contribution in [-0.4, -0.2) is 41.3 Å². The number of hydrogen-bond donors (Lipinski definition) is 3. The highest BCUT2D eigenvalue weighted by atomic mass is 16.5. The quantitative estimate of drug-likeness (QED) is 0.733. The number of methoxy groups -OCH3 is 2. The second-order valence-corrected chi connectivity index (χ2v) is 4.75. The van der Waals surface area contributed by atoms with E-state index in [0.29, 0.717) is 11.3 Å². The molecule has 0 saturated carbocycles. The van der Waals surface area contributed by atoms with Crippen LogP contribution in [0.3, 0.4) is 0 Å². The molecule has 2 aromatic rings. The van der Waals surface area contributed by atoms with Crippen molar-refractivity contribution in [2.24, 2.45) is 0 Å². The summed E-state index contributed by atoms with van der Waals surface area (Å²) in [4.78, 5) is 27.1. The average Bonchev–Trinajstić information content (AvgIpc) is 2.61. The minimum atomic E-state index is -1.42. The van der Waals surface area contributed by atoms with Crippen LogP contribution in [0, 0.1) is 0 Å². The highest BCUT2D eigenvalue weighted by molar-refractivity contribution is 5.97. The Bertz CT molecular complexity index is 745. The molecular formula is C16H16N2O6. The summed E-state index contributed by atoms with van der Waals surface area (Å²) in [6, 6.07) is 7.54. The molecule has 0 radical (unpaired) electrons.